The maximum atomic E-state index is 13.2. The van der Waals surface area contributed by atoms with Crippen LogP contribution in [0.1, 0.15) is 37.7 Å². The van der Waals surface area contributed by atoms with E-state index < -0.39 is 11.9 Å². The molecule has 1 saturated carbocycles. The number of anilines is 1. The third kappa shape index (κ3) is 5.00. The number of nitrogens with one attached hydrogen (secondary N) is 1. The lowest BCUT2D eigenvalue weighted by Gasteiger charge is -2.23. The highest BCUT2D eigenvalue weighted by Crippen LogP contribution is 2.20. The molecule has 114 valence electrons. The number of hydrogen-bond donors (Lipinski definition) is 2. The van der Waals surface area contributed by atoms with Gasteiger partial charge in [-0.1, -0.05) is 19.3 Å². The first-order valence-electron chi connectivity index (χ1n) is 7.42. The maximum Gasteiger partial charge on any atom is 0.141 e. The Morgan fingerprint density at radius 3 is 2.86 bits per heavy atom. The molecule has 2 N–H and O–H groups in total. The number of benzene rings is 1. The zero-order valence-electron chi connectivity index (χ0n) is 12.0. The van der Waals surface area contributed by atoms with E-state index in [1.54, 1.807) is 12.1 Å². The summed E-state index contributed by atoms with van der Waals surface area (Å²) in [6.45, 7) is 0.604. The van der Waals surface area contributed by atoms with Gasteiger partial charge in [0.25, 0.3) is 0 Å². The molecular weight excluding hydrogens is 271 g/mol. The summed E-state index contributed by atoms with van der Waals surface area (Å²) >= 11 is 0. The van der Waals surface area contributed by atoms with Crippen LogP contribution in [0.2, 0.25) is 0 Å². The molecule has 2 rings (SSSR count). The van der Waals surface area contributed by atoms with Crippen molar-refractivity contribution < 1.29 is 14.2 Å². The average Bonchev–Trinajstić information content (AvgIpc) is 2.53. The molecule has 1 aromatic rings. The van der Waals surface area contributed by atoms with Gasteiger partial charge in [0.2, 0.25) is 0 Å². The van der Waals surface area contributed by atoms with Crippen molar-refractivity contribution in [1.29, 1.82) is 5.26 Å². The van der Waals surface area contributed by atoms with Gasteiger partial charge >= 0.3 is 0 Å². The van der Waals surface area contributed by atoms with Gasteiger partial charge in [-0.05, 0) is 31.0 Å². The third-order valence-corrected chi connectivity index (χ3v) is 3.71. The molecule has 0 aliphatic heterocycles. The SMILES string of the molecule is N#Cc1cc(NCC(O)COC2CCCCC2)ccc1F. The molecule has 4 nitrogen and oxygen atoms in total. The molecule has 1 atom stereocenters. The van der Waals surface area contributed by atoms with Gasteiger partial charge in [0, 0.05) is 12.2 Å². The fraction of sp³-hybridized carbons (Fsp3) is 0.562. The Balaban J connectivity index is 1.73. The second-order valence-corrected chi connectivity index (χ2v) is 5.43. The fourth-order valence-corrected chi connectivity index (χ4v) is 2.49. The van der Waals surface area contributed by atoms with Crippen molar-refractivity contribution in [2.45, 2.75) is 44.3 Å². The predicted molar refractivity (Wildman–Crippen MR) is 78.4 cm³/mol. The Labute approximate surface area is 124 Å². The Bertz CT molecular complexity index is 496. The fourth-order valence-electron chi connectivity index (χ4n) is 2.49. The highest BCUT2D eigenvalue weighted by atomic mass is 19.1. The van der Waals surface area contributed by atoms with E-state index in [0.29, 0.717) is 18.8 Å². The van der Waals surface area contributed by atoms with Crippen LogP contribution in [0, 0.1) is 17.1 Å². The molecule has 0 radical (unpaired) electrons. The third-order valence-electron chi connectivity index (χ3n) is 3.71. The van der Waals surface area contributed by atoms with E-state index in [1.165, 1.54) is 31.4 Å². The summed E-state index contributed by atoms with van der Waals surface area (Å²) in [5.41, 5.74) is 0.609. The van der Waals surface area contributed by atoms with Crippen molar-refractivity contribution in [2.75, 3.05) is 18.5 Å². The zero-order valence-corrected chi connectivity index (χ0v) is 12.0. The zero-order chi connectivity index (χ0) is 15.1. The highest BCUT2D eigenvalue weighted by Gasteiger charge is 2.15. The normalized spacial score (nSPS) is 17.2. The number of nitriles is 1. The largest absolute Gasteiger partial charge is 0.389 e. The second-order valence-electron chi connectivity index (χ2n) is 5.43. The standard InChI is InChI=1S/C16H21FN2O2/c17-16-7-6-13(8-12(16)9-18)19-10-14(20)11-21-15-4-2-1-3-5-15/h6-8,14-15,19-20H,1-5,10-11H2. The van der Waals surface area contributed by atoms with Crippen molar-refractivity contribution in [1.82, 2.24) is 0 Å². The van der Waals surface area contributed by atoms with Crippen molar-refractivity contribution in [3.05, 3.63) is 29.6 Å². The van der Waals surface area contributed by atoms with Crippen molar-refractivity contribution in [3.8, 4) is 6.07 Å². The van der Waals surface area contributed by atoms with E-state index in [4.69, 9.17) is 10.00 Å². The quantitative estimate of drug-likeness (QED) is 0.846. The van der Waals surface area contributed by atoms with Crippen molar-refractivity contribution in [2.24, 2.45) is 0 Å². The van der Waals surface area contributed by atoms with Gasteiger partial charge in [0.05, 0.1) is 24.4 Å². The predicted octanol–water partition coefficient (Wildman–Crippen LogP) is 2.82. The van der Waals surface area contributed by atoms with E-state index in [2.05, 4.69) is 5.32 Å². The summed E-state index contributed by atoms with van der Waals surface area (Å²) in [5, 5.41) is 21.6. The van der Waals surface area contributed by atoms with Crippen LogP contribution in [0.4, 0.5) is 10.1 Å². The molecule has 21 heavy (non-hydrogen) atoms. The summed E-state index contributed by atoms with van der Waals surface area (Å²) in [6.07, 6.45) is 5.46. The number of halogens is 1. The molecule has 1 aliphatic rings. The topological polar surface area (TPSA) is 65.3 Å². The van der Waals surface area contributed by atoms with Gasteiger partial charge in [0.1, 0.15) is 11.9 Å². The Kier molecular flexibility index (Phi) is 5.97. The minimum absolute atomic E-state index is 0.00653. The Morgan fingerprint density at radius 1 is 1.38 bits per heavy atom. The highest BCUT2D eigenvalue weighted by molar-refractivity contribution is 5.49. The van der Waals surface area contributed by atoms with Gasteiger partial charge in [-0.3, -0.25) is 0 Å². The van der Waals surface area contributed by atoms with E-state index in [1.807, 2.05) is 0 Å². The number of rotatable bonds is 6. The van der Waals surface area contributed by atoms with Crippen LogP contribution >= 0.6 is 0 Å². The van der Waals surface area contributed by atoms with Crippen molar-refractivity contribution >= 4 is 5.69 Å². The minimum atomic E-state index is -0.623. The van der Waals surface area contributed by atoms with E-state index >= 15 is 0 Å². The first-order chi connectivity index (χ1) is 10.2. The molecule has 0 heterocycles. The molecule has 1 unspecified atom stereocenters. The summed E-state index contributed by atoms with van der Waals surface area (Å²) in [5.74, 6) is -0.538. The van der Waals surface area contributed by atoms with Gasteiger partial charge < -0.3 is 15.2 Å². The molecule has 5 heteroatoms. The first kappa shape index (κ1) is 15.7. The minimum Gasteiger partial charge on any atom is -0.389 e. The maximum absolute atomic E-state index is 13.2. The summed E-state index contributed by atoms with van der Waals surface area (Å²) < 4.78 is 18.9. The monoisotopic (exact) mass is 292 g/mol. The van der Waals surface area contributed by atoms with Crippen LogP contribution in [-0.4, -0.2) is 30.5 Å². The van der Waals surface area contributed by atoms with E-state index in [-0.39, 0.29) is 11.7 Å². The number of nitrogens with zero attached hydrogens (tertiary/aromatic N) is 1. The molecular formula is C16H21FN2O2. The lowest BCUT2D eigenvalue weighted by molar-refractivity contribution is -0.0195. The molecule has 0 spiro atoms. The lowest BCUT2D eigenvalue weighted by atomic mass is 9.98. The van der Waals surface area contributed by atoms with Gasteiger partial charge in [-0.25, -0.2) is 4.39 Å². The van der Waals surface area contributed by atoms with Crippen molar-refractivity contribution in [3.63, 3.8) is 0 Å². The Hall–Kier alpha value is -1.64. The van der Waals surface area contributed by atoms with Crippen LogP contribution in [-0.2, 0) is 4.74 Å². The molecule has 1 fully saturated rings. The molecule has 0 amide bonds. The van der Waals surface area contributed by atoms with Crippen LogP contribution in [0.5, 0.6) is 0 Å². The van der Waals surface area contributed by atoms with E-state index in [0.717, 1.165) is 12.8 Å². The lowest BCUT2D eigenvalue weighted by Crippen LogP contribution is -2.28. The molecule has 1 aromatic carbocycles. The number of ether oxygens (including phenoxy) is 1. The molecule has 0 saturated heterocycles. The number of aliphatic hydroxyl groups excluding tert-OH is 1. The number of aliphatic hydroxyl groups is 1. The first-order valence-corrected chi connectivity index (χ1v) is 7.42. The van der Waals surface area contributed by atoms with Gasteiger partial charge in [0.15, 0.2) is 0 Å². The second kappa shape index (κ2) is 7.96. The molecule has 1 aliphatic carbocycles. The summed E-state index contributed by atoms with van der Waals surface area (Å²) in [4.78, 5) is 0. The smallest absolute Gasteiger partial charge is 0.141 e. The van der Waals surface area contributed by atoms with Crippen LogP contribution in [0.25, 0.3) is 0 Å². The summed E-state index contributed by atoms with van der Waals surface area (Å²) in [7, 11) is 0. The molecule has 0 bridgehead atoms. The van der Waals surface area contributed by atoms with Gasteiger partial charge in [-0.15, -0.1) is 0 Å². The van der Waals surface area contributed by atoms with Crippen LogP contribution in [0.3, 0.4) is 0 Å². The van der Waals surface area contributed by atoms with Gasteiger partial charge in [-0.2, -0.15) is 5.26 Å². The van der Waals surface area contributed by atoms with Crippen LogP contribution in [0.15, 0.2) is 18.2 Å². The van der Waals surface area contributed by atoms with E-state index in [9.17, 15) is 9.50 Å². The number of hydrogen-bond acceptors (Lipinski definition) is 4. The molecule has 0 aromatic heterocycles. The summed E-state index contributed by atoms with van der Waals surface area (Å²) in [6, 6.07) is 6.01. The van der Waals surface area contributed by atoms with Crippen LogP contribution < -0.4 is 5.32 Å². The average molecular weight is 292 g/mol. The Morgan fingerprint density at radius 2 is 2.14 bits per heavy atom.